The Kier molecular flexibility index (Phi) is 12.7. The first-order valence-corrected chi connectivity index (χ1v) is 14.2. The minimum absolute atomic E-state index is 0.204. The number of carbonyl (C=O) groups is 4. The molecule has 0 unspecified atom stereocenters. The van der Waals surface area contributed by atoms with Gasteiger partial charge in [0.2, 0.25) is 0 Å². The Morgan fingerprint density at radius 3 is 1.25 bits per heavy atom. The van der Waals surface area contributed by atoms with Crippen molar-refractivity contribution in [2.24, 2.45) is 10.2 Å². The van der Waals surface area contributed by atoms with Crippen LogP contribution in [0.3, 0.4) is 0 Å². The Labute approximate surface area is 274 Å². The molecule has 0 heterocycles. The summed E-state index contributed by atoms with van der Waals surface area (Å²) in [6, 6.07) is 25.6. The molecule has 0 saturated heterocycles. The van der Waals surface area contributed by atoms with Crippen LogP contribution < -0.4 is 31.3 Å². The van der Waals surface area contributed by atoms with Crippen LogP contribution in [0.25, 0.3) is 0 Å². The maximum Gasteiger partial charge on any atom is 0.274 e. The van der Waals surface area contributed by atoms with E-state index in [-0.39, 0.29) is 35.5 Å². The number of hydrogen-bond acceptors (Lipinski definition) is 10. The summed E-state index contributed by atoms with van der Waals surface area (Å²) in [5, 5.41) is 25.3. The Morgan fingerprint density at radius 2 is 0.896 bits per heavy atom. The van der Waals surface area contributed by atoms with Gasteiger partial charge in [-0.05, 0) is 96.1 Å². The van der Waals surface area contributed by atoms with Gasteiger partial charge in [0.15, 0.2) is 0 Å². The van der Waals surface area contributed by atoms with Gasteiger partial charge in [-0.3, -0.25) is 29.6 Å². The van der Waals surface area contributed by atoms with E-state index < -0.39 is 23.6 Å². The summed E-state index contributed by atoms with van der Waals surface area (Å²) in [5.41, 5.74) is 10.3. The molecule has 0 aliphatic carbocycles. The second-order valence-electron chi connectivity index (χ2n) is 9.67. The topological polar surface area (TPSA) is 200 Å². The third-order valence-electron chi connectivity index (χ3n) is 6.36. The van der Waals surface area contributed by atoms with Crippen LogP contribution in [-0.2, 0) is 0 Å². The second-order valence-corrected chi connectivity index (χ2v) is 9.67. The van der Waals surface area contributed by atoms with Crippen molar-refractivity contribution in [1.29, 1.82) is 0 Å². The van der Waals surface area contributed by atoms with Crippen molar-refractivity contribution in [2.45, 2.75) is 0 Å². The molecule has 0 saturated carbocycles. The van der Waals surface area contributed by atoms with Gasteiger partial charge in [0.1, 0.15) is 24.7 Å². The molecule has 0 aliphatic heterocycles. The lowest BCUT2D eigenvalue weighted by Gasteiger charge is -2.05. The summed E-state index contributed by atoms with van der Waals surface area (Å²) in [4.78, 5) is 47.3. The highest BCUT2D eigenvalue weighted by Gasteiger charge is 2.09. The van der Waals surface area contributed by atoms with E-state index in [4.69, 9.17) is 19.9 Å². The number of ether oxygens (including phenoxy) is 2. The molecule has 0 spiro atoms. The largest absolute Gasteiger partial charge is 0.490 e. The van der Waals surface area contributed by atoms with Crippen LogP contribution in [-0.4, -0.2) is 59.7 Å². The van der Waals surface area contributed by atoms with Crippen molar-refractivity contribution in [3.63, 3.8) is 0 Å². The van der Waals surface area contributed by atoms with E-state index in [1.54, 1.807) is 60.7 Å². The zero-order valence-corrected chi connectivity index (χ0v) is 25.2. The number of carbonyl (C=O) groups excluding carboxylic acids is 4. The van der Waals surface area contributed by atoms with Crippen LogP contribution in [0.5, 0.6) is 11.5 Å². The molecule has 0 atom stereocenters. The predicted octanol–water partition coefficient (Wildman–Crippen LogP) is 3.47. The molecule has 48 heavy (non-hydrogen) atoms. The summed E-state index contributed by atoms with van der Waals surface area (Å²) in [6.07, 6.45) is 6.55. The van der Waals surface area contributed by atoms with Crippen molar-refractivity contribution in [3.8, 4) is 11.5 Å². The highest BCUT2D eigenvalue weighted by Crippen LogP contribution is 2.14. The van der Waals surface area contributed by atoms with Gasteiger partial charge >= 0.3 is 0 Å². The highest BCUT2D eigenvalue weighted by molar-refractivity contribution is 5.98. The van der Waals surface area contributed by atoms with E-state index in [1.165, 1.54) is 71.9 Å². The summed E-state index contributed by atoms with van der Waals surface area (Å²) in [6.45, 7) is 0.573. The van der Waals surface area contributed by atoms with Crippen molar-refractivity contribution < 1.29 is 39.1 Å². The van der Waals surface area contributed by atoms with Gasteiger partial charge in [0.05, 0.1) is 12.4 Å². The Balaban J connectivity index is 1.17. The maximum absolute atomic E-state index is 12.3. The quantitative estimate of drug-likeness (QED) is 0.0516. The van der Waals surface area contributed by atoms with Crippen molar-refractivity contribution in [2.75, 3.05) is 13.2 Å². The van der Waals surface area contributed by atoms with Gasteiger partial charge in [-0.25, -0.2) is 21.8 Å². The van der Waals surface area contributed by atoms with Crippen LogP contribution in [0.4, 0.5) is 0 Å². The standard InChI is InChI=1S/C34H30N6O8/c41-31(25-9-13-27(14-10-25)33(43)39-45)37-35-21-23-5-3-7-29(19-23)47-17-1-2-18-48-30-8-4-6-24(20-30)22-36-38-32(42)26-11-15-28(16-12-26)34(44)40-46/h1-16,19-22,45-46H,17-18H2,(H,37,41)(H,38,42)(H,39,43)(H,40,44). The fraction of sp³-hybridized carbons (Fsp3) is 0.0588. The molecule has 14 nitrogen and oxygen atoms in total. The summed E-state index contributed by atoms with van der Waals surface area (Å²) in [5.74, 6) is -1.10. The first kappa shape index (κ1) is 34.2. The number of hydrogen-bond donors (Lipinski definition) is 6. The lowest BCUT2D eigenvalue weighted by Crippen LogP contribution is -2.20. The molecule has 0 bridgehead atoms. The minimum atomic E-state index is -0.679. The number of rotatable bonds is 14. The Hall–Kier alpha value is -6.64. The SMILES string of the molecule is O=C(NO)c1ccc(C(=O)NN=Cc2cccc(OCC=CCOc3cccc(C=NNC(=O)c4ccc(C(=O)NO)cc4)c3)c2)cc1. The predicted molar refractivity (Wildman–Crippen MR) is 175 cm³/mol. The average molecular weight is 651 g/mol. The minimum Gasteiger partial charge on any atom is -0.490 e. The molecule has 4 amide bonds. The fourth-order valence-corrected chi connectivity index (χ4v) is 3.93. The molecular weight excluding hydrogens is 620 g/mol. The zero-order chi connectivity index (χ0) is 34.1. The third kappa shape index (κ3) is 10.5. The molecule has 0 radical (unpaired) electrons. The number of amides is 4. The van der Waals surface area contributed by atoms with Crippen LogP contribution in [0.15, 0.2) is 119 Å². The summed E-state index contributed by atoms with van der Waals surface area (Å²) in [7, 11) is 0. The van der Waals surface area contributed by atoms with E-state index in [0.29, 0.717) is 22.6 Å². The van der Waals surface area contributed by atoms with Gasteiger partial charge in [-0.1, -0.05) is 24.3 Å². The van der Waals surface area contributed by atoms with Crippen LogP contribution >= 0.6 is 0 Å². The Bertz CT molecular complexity index is 1690. The van der Waals surface area contributed by atoms with E-state index in [1.807, 2.05) is 0 Å². The normalized spacial score (nSPS) is 11.0. The van der Waals surface area contributed by atoms with Crippen molar-refractivity contribution in [1.82, 2.24) is 21.8 Å². The summed E-state index contributed by atoms with van der Waals surface area (Å²) >= 11 is 0. The van der Waals surface area contributed by atoms with Crippen molar-refractivity contribution >= 4 is 36.1 Å². The number of hydrazone groups is 2. The van der Waals surface area contributed by atoms with Crippen LogP contribution in [0.1, 0.15) is 52.6 Å². The number of nitrogens with one attached hydrogen (secondary N) is 4. The third-order valence-corrected chi connectivity index (χ3v) is 6.36. The van der Waals surface area contributed by atoms with E-state index >= 15 is 0 Å². The number of hydroxylamine groups is 2. The monoisotopic (exact) mass is 650 g/mol. The lowest BCUT2D eigenvalue weighted by atomic mass is 10.1. The lowest BCUT2D eigenvalue weighted by molar-refractivity contribution is 0.0702. The van der Waals surface area contributed by atoms with Crippen molar-refractivity contribution in [3.05, 3.63) is 143 Å². The Morgan fingerprint density at radius 1 is 0.542 bits per heavy atom. The summed E-state index contributed by atoms with van der Waals surface area (Å²) < 4.78 is 11.5. The molecule has 0 fully saturated rings. The van der Waals surface area contributed by atoms with Gasteiger partial charge in [-0.15, -0.1) is 0 Å². The molecular formula is C34H30N6O8. The van der Waals surface area contributed by atoms with Gasteiger partial charge in [0, 0.05) is 22.3 Å². The van der Waals surface area contributed by atoms with E-state index in [2.05, 4.69) is 21.1 Å². The average Bonchev–Trinajstić information content (AvgIpc) is 3.12. The second kappa shape index (κ2) is 17.7. The molecule has 6 N–H and O–H groups in total. The smallest absolute Gasteiger partial charge is 0.274 e. The molecule has 0 aliphatic rings. The number of benzene rings is 4. The maximum atomic E-state index is 12.3. The van der Waals surface area contributed by atoms with Gasteiger partial charge in [0.25, 0.3) is 23.6 Å². The molecule has 244 valence electrons. The molecule has 4 rings (SSSR count). The van der Waals surface area contributed by atoms with Gasteiger partial charge in [-0.2, -0.15) is 10.2 Å². The van der Waals surface area contributed by atoms with Crippen LogP contribution in [0, 0.1) is 0 Å². The van der Waals surface area contributed by atoms with E-state index in [0.717, 1.165) is 0 Å². The molecule has 4 aromatic carbocycles. The highest BCUT2D eigenvalue weighted by atomic mass is 16.5. The first-order valence-electron chi connectivity index (χ1n) is 14.2. The van der Waals surface area contributed by atoms with Gasteiger partial charge < -0.3 is 9.47 Å². The number of nitrogens with zero attached hydrogens (tertiary/aromatic N) is 2. The molecule has 0 aromatic heterocycles. The first-order chi connectivity index (χ1) is 23.4. The molecule has 4 aromatic rings. The van der Waals surface area contributed by atoms with Crippen LogP contribution in [0.2, 0.25) is 0 Å². The zero-order valence-electron chi connectivity index (χ0n) is 25.2. The molecule has 14 heteroatoms. The van der Waals surface area contributed by atoms with E-state index in [9.17, 15) is 19.2 Å². The fourth-order valence-electron chi connectivity index (χ4n) is 3.93.